The van der Waals surface area contributed by atoms with Crippen molar-refractivity contribution in [1.29, 1.82) is 0 Å². The number of carbonyl (C=O) groups excluding carboxylic acids is 4. The van der Waals surface area contributed by atoms with E-state index >= 15 is 0 Å². The zero-order valence-corrected chi connectivity index (χ0v) is 21.8. The number of nitrogens with zero attached hydrogens (tertiary/aromatic N) is 2. The summed E-state index contributed by atoms with van der Waals surface area (Å²) in [5.41, 5.74) is 1.19. The van der Waals surface area contributed by atoms with Crippen LogP contribution in [0.4, 0.5) is 0 Å². The number of rotatable bonds is 4. The Hall–Kier alpha value is -4.28. The summed E-state index contributed by atoms with van der Waals surface area (Å²) in [5.74, 6) is 0.552. The third-order valence-electron chi connectivity index (χ3n) is 7.19. The Bertz CT molecular complexity index is 1250. The van der Waals surface area contributed by atoms with E-state index in [9.17, 15) is 19.2 Å². The van der Waals surface area contributed by atoms with Crippen molar-refractivity contribution in [2.24, 2.45) is 0 Å². The maximum Gasteiger partial charge on any atom is 0.258 e. The number of fused-ring (bicyclic) bond motifs is 7. The Labute approximate surface area is 226 Å². The van der Waals surface area contributed by atoms with E-state index in [2.05, 4.69) is 10.6 Å². The Kier molecular flexibility index (Phi) is 7.85. The fourth-order valence-corrected chi connectivity index (χ4v) is 5.00. The molecule has 2 aromatic rings. The summed E-state index contributed by atoms with van der Waals surface area (Å²) in [6.45, 7) is 1.72. The summed E-state index contributed by atoms with van der Waals surface area (Å²) in [6, 6.07) is 11.6. The monoisotopic (exact) mass is 536 g/mol. The number of likely N-dealkylation sites (tertiary alicyclic amines) is 2. The van der Waals surface area contributed by atoms with E-state index in [0.717, 1.165) is 12.0 Å². The summed E-state index contributed by atoms with van der Waals surface area (Å²) < 4.78 is 17.3. The SMILES string of the molecule is COc1ccc2cc1OCC(=O)NCc1ccc(cc1)O[C@H]1CN(C(=O)CCN3CCCC3=O)C[C@@H]1NC2=O. The first-order chi connectivity index (χ1) is 18.9. The van der Waals surface area contributed by atoms with Crippen molar-refractivity contribution in [1.82, 2.24) is 20.4 Å². The van der Waals surface area contributed by atoms with Crippen LogP contribution in [0, 0.1) is 0 Å². The Morgan fingerprint density at radius 3 is 2.67 bits per heavy atom. The lowest BCUT2D eigenvalue weighted by atomic mass is 10.1. The average Bonchev–Trinajstić information content (AvgIpc) is 3.54. The first-order valence-corrected chi connectivity index (χ1v) is 13.1. The van der Waals surface area contributed by atoms with Gasteiger partial charge in [0.25, 0.3) is 11.8 Å². The Morgan fingerprint density at radius 2 is 1.92 bits per heavy atom. The molecule has 39 heavy (non-hydrogen) atoms. The van der Waals surface area contributed by atoms with Gasteiger partial charge in [0, 0.05) is 44.6 Å². The van der Waals surface area contributed by atoms with Gasteiger partial charge in [0.1, 0.15) is 11.9 Å². The van der Waals surface area contributed by atoms with Crippen LogP contribution in [-0.2, 0) is 20.9 Å². The van der Waals surface area contributed by atoms with Crippen molar-refractivity contribution in [2.45, 2.75) is 38.0 Å². The maximum atomic E-state index is 13.3. The molecule has 4 aliphatic heterocycles. The van der Waals surface area contributed by atoms with Crippen molar-refractivity contribution >= 4 is 23.6 Å². The molecule has 2 fully saturated rings. The van der Waals surface area contributed by atoms with Gasteiger partial charge in [-0.2, -0.15) is 0 Å². The first-order valence-electron chi connectivity index (χ1n) is 13.1. The van der Waals surface area contributed by atoms with Crippen molar-refractivity contribution in [3.63, 3.8) is 0 Å². The van der Waals surface area contributed by atoms with Crippen LogP contribution in [0.15, 0.2) is 42.5 Å². The van der Waals surface area contributed by atoms with Gasteiger partial charge in [-0.3, -0.25) is 19.2 Å². The molecule has 2 atom stereocenters. The largest absolute Gasteiger partial charge is 0.493 e. The number of hydrogen-bond donors (Lipinski definition) is 2. The highest BCUT2D eigenvalue weighted by atomic mass is 16.5. The van der Waals surface area contributed by atoms with Gasteiger partial charge < -0.3 is 34.6 Å². The molecule has 6 rings (SSSR count). The van der Waals surface area contributed by atoms with Gasteiger partial charge >= 0.3 is 0 Å². The number of amides is 4. The topological polar surface area (TPSA) is 127 Å². The molecule has 0 saturated carbocycles. The summed E-state index contributed by atoms with van der Waals surface area (Å²) in [4.78, 5) is 54.0. The maximum absolute atomic E-state index is 13.3. The molecule has 11 nitrogen and oxygen atoms in total. The normalized spacial score (nSPS) is 21.4. The fraction of sp³-hybridized carbons (Fsp3) is 0.429. The third-order valence-corrected chi connectivity index (χ3v) is 7.19. The summed E-state index contributed by atoms with van der Waals surface area (Å²) in [5, 5.41) is 5.81. The second kappa shape index (κ2) is 11.6. The molecule has 4 heterocycles. The van der Waals surface area contributed by atoms with E-state index in [0.29, 0.717) is 49.7 Å². The van der Waals surface area contributed by atoms with E-state index in [-0.39, 0.29) is 49.0 Å². The van der Waals surface area contributed by atoms with Crippen molar-refractivity contribution in [3.8, 4) is 17.2 Å². The molecule has 0 aliphatic carbocycles. The zero-order valence-electron chi connectivity index (χ0n) is 21.8. The smallest absolute Gasteiger partial charge is 0.258 e. The number of carbonyl (C=O) groups is 4. The van der Waals surface area contributed by atoms with Gasteiger partial charge in [0.05, 0.1) is 19.7 Å². The molecule has 11 heteroatoms. The van der Waals surface area contributed by atoms with Crippen LogP contribution in [0.25, 0.3) is 0 Å². The Balaban J connectivity index is 1.36. The molecule has 0 spiro atoms. The summed E-state index contributed by atoms with van der Waals surface area (Å²) in [6.07, 6.45) is 1.09. The summed E-state index contributed by atoms with van der Waals surface area (Å²) in [7, 11) is 1.48. The van der Waals surface area contributed by atoms with Gasteiger partial charge in [0.2, 0.25) is 11.8 Å². The van der Waals surface area contributed by atoms with Crippen LogP contribution in [0.1, 0.15) is 35.2 Å². The fourth-order valence-electron chi connectivity index (χ4n) is 5.00. The second-order valence-electron chi connectivity index (χ2n) is 9.84. The number of methoxy groups -OCH3 is 1. The van der Waals surface area contributed by atoms with Gasteiger partial charge in [-0.25, -0.2) is 0 Å². The van der Waals surface area contributed by atoms with Crippen LogP contribution in [0.2, 0.25) is 0 Å². The predicted molar refractivity (Wildman–Crippen MR) is 139 cm³/mol. The molecule has 2 saturated heterocycles. The number of nitrogens with one attached hydrogen (secondary N) is 2. The van der Waals surface area contributed by atoms with Crippen molar-refractivity contribution < 1.29 is 33.4 Å². The molecular weight excluding hydrogens is 504 g/mol. The number of benzene rings is 2. The van der Waals surface area contributed by atoms with Crippen molar-refractivity contribution in [3.05, 3.63) is 53.6 Å². The van der Waals surface area contributed by atoms with Crippen molar-refractivity contribution in [2.75, 3.05) is 39.9 Å². The number of hydrogen-bond acceptors (Lipinski definition) is 7. The van der Waals surface area contributed by atoms with Crippen LogP contribution in [0.5, 0.6) is 17.2 Å². The third kappa shape index (κ3) is 6.24. The predicted octanol–water partition coefficient (Wildman–Crippen LogP) is 1.10. The van der Waals surface area contributed by atoms with Crippen LogP contribution < -0.4 is 24.8 Å². The van der Waals surface area contributed by atoms with Crippen LogP contribution in [0.3, 0.4) is 0 Å². The quantitative estimate of drug-likeness (QED) is 0.599. The van der Waals surface area contributed by atoms with E-state index in [1.807, 2.05) is 12.1 Å². The minimum Gasteiger partial charge on any atom is -0.493 e. The lowest BCUT2D eigenvalue weighted by molar-refractivity contribution is -0.132. The molecule has 0 unspecified atom stereocenters. The van der Waals surface area contributed by atoms with Gasteiger partial charge in [-0.15, -0.1) is 0 Å². The molecule has 2 aromatic carbocycles. The minimum atomic E-state index is -0.485. The van der Waals surface area contributed by atoms with Crippen LogP contribution in [-0.4, -0.2) is 85.5 Å². The minimum absolute atomic E-state index is 0.0843. The Morgan fingerprint density at radius 1 is 1.10 bits per heavy atom. The van der Waals surface area contributed by atoms with E-state index in [1.165, 1.54) is 13.2 Å². The number of ether oxygens (including phenoxy) is 3. The van der Waals surface area contributed by atoms with Gasteiger partial charge in [0.15, 0.2) is 18.1 Å². The zero-order chi connectivity index (χ0) is 27.4. The van der Waals surface area contributed by atoms with E-state index < -0.39 is 12.1 Å². The highest BCUT2D eigenvalue weighted by molar-refractivity contribution is 5.95. The van der Waals surface area contributed by atoms with Gasteiger partial charge in [-0.05, 0) is 42.3 Å². The van der Waals surface area contributed by atoms with Gasteiger partial charge in [-0.1, -0.05) is 12.1 Å². The molecular formula is C28H32N4O7. The molecule has 206 valence electrons. The lowest BCUT2D eigenvalue weighted by Crippen LogP contribution is -2.45. The highest BCUT2D eigenvalue weighted by Crippen LogP contribution is 2.29. The molecule has 4 amide bonds. The highest BCUT2D eigenvalue weighted by Gasteiger charge is 2.38. The molecule has 2 N–H and O–H groups in total. The first kappa shape index (κ1) is 26.3. The van der Waals surface area contributed by atoms with Crippen LogP contribution >= 0.6 is 0 Å². The van der Waals surface area contributed by atoms with E-state index in [1.54, 1.807) is 34.1 Å². The second-order valence-corrected chi connectivity index (χ2v) is 9.84. The standard InChI is InChI=1S/C28H32N4O7/c1-37-22-9-6-19-13-23(22)38-17-25(33)29-14-18-4-7-20(8-5-18)39-24-16-32(15-21(24)30-28(19)36)27(35)10-12-31-11-2-3-26(31)34/h4-9,13,21,24H,2-3,10-12,14-17H2,1H3,(H,29,33)(H,30,36)/t21-,24-/m0/s1. The molecule has 4 aliphatic rings. The molecule has 0 aromatic heterocycles. The molecule has 0 radical (unpaired) electrons. The average molecular weight is 537 g/mol. The van der Waals surface area contributed by atoms with E-state index in [4.69, 9.17) is 14.2 Å². The molecule has 4 bridgehead atoms. The summed E-state index contributed by atoms with van der Waals surface area (Å²) >= 11 is 0. The lowest BCUT2D eigenvalue weighted by Gasteiger charge is -2.21.